The van der Waals surface area contributed by atoms with E-state index < -0.39 is 5.60 Å². The average Bonchev–Trinajstić information content (AvgIpc) is 2.27. The first-order valence-electron chi connectivity index (χ1n) is 4.95. The normalized spacial score (nSPS) is 35.3. The lowest BCUT2D eigenvalue weighted by molar-refractivity contribution is -0.0252. The molecule has 0 bridgehead atoms. The van der Waals surface area contributed by atoms with Crippen molar-refractivity contribution in [2.75, 3.05) is 6.61 Å². The lowest BCUT2D eigenvalue weighted by Gasteiger charge is -2.27. The molecule has 1 heterocycles. The lowest BCUT2D eigenvalue weighted by Crippen LogP contribution is -2.41. The molecule has 0 aromatic heterocycles. The van der Waals surface area contributed by atoms with Crippen LogP contribution in [-0.4, -0.2) is 29.1 Å². The van der Waals surface area contributed by atoms with Crippen LogP contribution in [0.3, 0.4) is 0 Å². The zero-order valence-corrected chi connectivity index (χ0v) is 9.05. The van der Waals surface area contributed by atoms with Crippen LogP contribution in [0.2, 0.25) is 0 Å². The van der Waals surface area contributed by atoms with E-state index in [-0.39, 0.29) is 5.72 Å². The highest BCUT2D eigenvalue weighted by Gasteiger charge is 2.34. The molecule has 0 aromatic rings. The standard InChI is InChI=1S/C10H21NO2/c1-8-7-13-10(4,11-8)6-5-9(2,3)12/h8,11-12H,5-7H2,1-4H3/t8-,10?/m1/s1. The van der Waals surface area contributed by atoms with Crippen LogP contribution in [-0.2, 0) is 4.74 Å². The molecule has 0 aliphatic carbocycles. The Morgan fingerprint density at radius 2 is 2.23 bits per heavy atom. The zero-order valence-electron chi connectivity index (χ0n) is 9.05. The number of nitrogens with one attached hydrogen (secondary N) is 1. The predicted octanol–water partition coefficient (Wildman–Crippen LogP) is 1.26. The Bertz CT molecular complexity index is 176. The summed E-state index contributed by atoms with van der Waals surface area (Å²) in [5, 5.41) is 12.9. The van der Waals surface area contributed by atoms with E-state index in [1.54, 1.807) is 0 Å². The largest absolute Gasteiger partial charge is 0.390 e. The molecule has 78 valence electrons. The second-order valence-corrected chi connectivity index (χ2v) is 4.90. The summed E-state index contributed by atoms with van der Waals surface area (Å²) in [4.78, 5) is 0. The van der Waals surface area contributed by atoms with E-state index >= 15 is 0 Å². The maximum atomic E-state index is 9.57. The molecule has 1 saturated heterocycles. The highest BCUT2D eigenvalue weighted by molar-refractivity contribution is 4.84. The van der Waals surface area contributed by atoms with Gasteiger partial charge in [-0.25, -0.2) is 0 Å². The fraction of sp³-hybridized carbons (Fsp3) is 1.00. The fourth-order valence-electron chi connectivity index (χ4n) is 1.60. The minimum Gasteiger partial charge on any atom is -0.390 e. The van der Waals surface area contributed by atoms with Crippen molar-refractivity contribution in [3.63, 3.8) is 0 Å². The molecule has 1 fully saturated rings. The Morgan fingerprint density at radius 1 is 1.62 bits per heavy atom. The monoisotopic (exact) mass is 187 g/mol. The summed E-state index contributed by atoms with van der Waals surface area (Å²) in [5.74, 6) is 0. The molecular weight excluding hydrogens is 166 g/mol. The van der Waals surface area contributed by atoms with Crippen molar-refractivity contribution >= 4 is 0 Å². The molecule has 0 spiro atoms. The summed E-state index contributed by atoms with van der Waals surface area (Å²) in [6, 6.07) is 0.423. The SMILES string of the molecule is C[C@@H]1COC(C)(CCC(C)(C)O)N1. The summed E-state index contributed by atoms with van der Waals surface area (Å²) in [6.45, 7) is 8.57. The van der Waals surface area contributed by atoms with Crippen LogP contribution >= 0.6 is 0 Å². The molecule has 1 rings (SSSR count). The van der Waals surface area contributed by atoms with Crippen LogP contribution in [0.25, 0.3) is 0 Å². The summed E-state index contributed by atoms with van der Waals surface area (Å²) in [5.41, 5.74) is -0.834. The topological polar surface area (TPSA) is 41.5 Å². The number of aliphatic hydroxyl groups is 1. The molecule has 2 N–H and O–H groups in total. The molecule has 0 aromatic carbocycles. The average molecular weight is 187 g/mol. The summed E-state index contributed by atoms with van der Waals surface area (Å²) < 4.78 is 5.63. The third-order valence-corrected chi connectivity index (χ3v) is 2.42. The van der Waals surface area contributed by atoms with Gasteiger partial charge in [0.2, 0.25) is 0 Å². The maximum Gasteiger partial charge on any atom is 0.116 e. The third kappa shape index (κ3) is 3.63. The Morgan fingerprint density at radius 3 is 2.62 bits per heavy atom. The second-order valence-electron chi connectivity index (χ2n) is 4.90. The van der Waals surface area contributed by atoms with Crippen molar-refractivity contribution in [3.05, 3.63) is 0 Å². The molecule has 3 nitrogen and oxygen atoms in total. The Hall–Kier alpha value is -0.120. The smallest absolute Gasteiger partial charge is 0.116 e. The molecule has 1 unspecified atom stereocenters. The molecular formula is C10H21NO2. The lowest BCUT2D eigenvalue weighted by atomic mass is 9.98. The van der Waals surface area contributed by atoms with Gasteiger partial charge in [0.25, 0.3) is 0 Å². The van der Waals surface area contributed by atoms with Gasteiger partial charge in [0.05, 0.1) is 12.2 Å². The van der Waals surface area contributed by atoms with Gasteiger partial charge < -0.3 is 9.84 Å². The van der Waals surface area contributed by atoms with Crippen LogP contribution in [0.15, 0.2) is 0 Å². The van der Waals surface area contributed by atoms with Crippen LogP contribution in [0, 0.1) is 0 Å². The van der Waals surface area contributed by atoms with E-state index in [1.165, 1.54) is 0 Å². The van der Waals surface area contributed by atoms with E-state index in [4.69, 9.17) is 4.74 Å². The summed E-state index contributed by atoms with van der Waals surface area (Å²) >= 11 is 0. The summed E-state index contributed by atoms with van der Waals surface area (Å²) in [7, 11) is 0. The molecule has 1 aliphatic heterocycles. The van der Waals surface area contributed by atoms with E-state index in [0.717, 1.165) is 19.4 Å². The Labute approximate surface area is 80.5 Å². The Balaban J connectivity index is 2.36. The summed E-state index contributed by atoms with van der Waals surface area (Å²) in [6.07, 6.45) is 1.60. The molecule has 1 aliphatic rings. The molecule has 0 radical (unpaired) electrons. The van der Waals surface area contributed by atoms with Crippen LogP contribution in [0.5, 0.6) is 0 Å². The van der Waals surface area contributed by atoms with Crippen molar-refractivity contribution in [1.82, 2.24) is 5.32 Å². The van der Waals surface area contributed by atoms with Gasteiger partial charge in [-0.3, -0.25) is 5.32 Å². The van der Waals surface area contributed by atoms with Crippen LogP contribution < -0.4 is 5.32 Å². The van der Waals surface area contributed by atoms with Gasteiger partial charge in [-0.05, 0) is 40.5 Å². The van der Waals surface area contributed by atoms with Gasteiger partial charge in [0, 0.05) is 6.04 Å². The second kappa shape index (κ2) is 3.56. The first-order chi connectivity index (χ1) is 5.81. The third-order valence-electron chi connectivity index (χ3n) is 2.42. The van der Waals surface area contributed by atoms with E-state index in [9.17, 15) is 5.11 Å². The highest BCUT2D eigenvalue weighted by Crippen LogP contribution is 2.24. The molecule has 0 saturated carbocycles. The van der Waals surface area contributed by atoms with Crippen LogP contribution in [0.4, 0.5) is 0 Å². The first kappa shape index (κ1) is 11.0. The fourth-order valence-corrected chi connectivity index (χ4v) is 1.60. The van der Waals surface area contributed by atoms with Gasteiger partial charge in [-0.2, -0.15) is 0 Å². The number of rotatable bonds is 3. The highest BCUT2D eigenvalue weighted by atomic mass is 16.5. The molecule has 0 amide bonds. The quantitative estimate of drug-likeness (QED) is 0.699. The molecule has 2 atom stereocenters. The zero-order chi connectivity index (χ0) is 10.1. The Kier molecular flexibility index (Phi) is 3.00. The van der Waals surface area contributed by atoms with Crippen molar-refractivity contribution in [2.24, 2.45) is 0 Å². The van der Waals surface area contributed by atoms with Gasteiger partial charge in [0.15, 0.2) is 0 Å². The molecule has 3 heteroatoms. The minimum atomic E-state index is -0.597. The van der Waals surface area contributed by atoms with Crippen molar-refractivity contribution in [2.45, 2.75) is 57.9 Å². The van der Waals surface area contributed by atoms with Crippen LogP contribution in [0.1, 0.15) is 40.5 Å². The van der Waals surface area contributed by atoms with E-state index in [1.807, 2.05) is 20.8 Å². The van der Waals surface area contributed by atoms with Gasteiger partial charge in [-0.1, -0.05) is 0 Å². The maximum absolute atomic E-state index is 9.57. The first-order valence-corrected chi connectivity index (χ1v) is 4.95. The van der Waals surface area contributed by atoms with E-state index in [0.29, 0.717) is 6.04 Å². The van der Waals surface area contributed by atoms with Crippen molar-refractivity contribution in [3.8, 4) is 0 Å². The van der Waals surface area contributed by atoms with Crippen molar-refractivity contribution in [1.29, 1.82) is 0 Å². The predicted molar refractivity (Wildman–Crippen MR) is 52.5 cm³/mol. The number of hydrogen-bond acceptors (Lipinski definition) is 3. The van der Waals surface area contributed by atoms with Gasteiger partial charge >= 0.3 is 0 Å². The van der Waals surface area contributed by atoms with E-state index in [2.05, 4.69) is 12.2 Å². The number of ether oxygens (including phenoxy) is 1. The van der Waals surface area contributed by atoms with Gasteiger partial charge in [0.1, 0.15) is 5.72 Å². The van der Waals surface area contributed by atoms with Gasteiger partial charge in [-0.15, -0.1) is 0 Å². The molecule has 13 heavy (non-hydrogen) atoms. The van der Waals surface area contributed by atoms with Crippen molar-refractivity contribution < 1.29 is 9.84 Å². The number of hydrogen-bond donors (Lipinski definition) is 2. The minimum absolute atomic E-state index is 0.237.